The van der Waals surface area contributed by atoms with E-state index in [1.807, 2.05) is 4.89 Å². The van der Waals surface area contributed by atoms with Crippen molar-refractivity contribution < 1.29 is 27.9 Å². The van der Waals surface area contributed by atoms with Crippen molar-refractivity contribution in [2.75, 3.05) is 20.3 Å². The molecular formula is C9H13NO6S2. The minimum absolute atomic E-state index is 0.00716. The molecule has 0 aliphatic carbocycles. The lowest BCUT2D eigenvalue weighted by Gasteiger charge is -2.04. The first kappa shape index (κ1) is 15.1. The monoisotopic (exact) mass is 295 g/mol. The maximum absolute atomic E-state index is 11.7. The summed E-state index contributed by atoms with van der Waals surface area (Å²) >= 11 is 0.677. The molecule has 1 rings (SSSR count). The molecular weight excluding hydrogens is 282 g/mol. The molecule has 9 heteroatoms. The Bertz CT molecular complexity index is 521. The molecule has 2 N–H and O–H groups in total. The number of carbonyl (C=O) groups is 1. The van der Waals surface area contributed by atoms with E-state index in [0.29, 0.717) is 16.9 Å². The number of aromatic carboxylic acids is 1. The minimum Gasteiger partial charge on any atom is -0.477 e. The quantitative estimate of drug-likeness (QED) is 0.564. The molecule has 0 radical (unpaired) electrons. The van der Waals surface area contributed by atoms with Crippen LogP contribution in [-0.2, 0) is 19.6 Å². The molecule has 0 aromatic carbocycles. The summed E-state index contributed by atoms with van der Waals surface area (Å²) in [7, 11) is -2.39. The third kappa shape index (κ3) is 3.75. The maximum atomic E-state index is 11.7. The van der Waals surface area contributed by atoms with Crippen molar-refractivity contribution in [3.8, 4) is 0 Å². The van der Waals surface area contributed by atoms with Gasteiger partial charge in [-0.15, -0.1) is 11.3 Å². The van der Waals surface area contributed by atoms with Gasteiger partial charge in [0.05, 0.1) is 13.2 Å². The van der Waals surface area contributed by atoms with Crippen molar-refractivity contribution in [3.05, 3.63) is 16.5 Å². The van der Waals surface area contributed by atoms with Crippen LogP contribution in [0.3, 0.4) is 0 Å². The van der Waals surface area contributed by atoms with E-state index in [-0.39, 0.29) is 22.3 Å². The molecule has 0 saturated carbocycles. The molecule has 0 aliphatic rings. The number of methoxy groups -OCH3 is 1. The molecule has 0 aliphatic heterocycles. The van der Waals surface area contributed by atoms with Crippen molar-refractivity contribution in [2.24, 2.45) is 0 Å². The number of nitrogens with one attached hydrogen (secondary N) is 1. The highest BCUT2D eigenvalue weighted by molar-refractivity contribution is 7.91. The van der Waals surface area contributed by atoms with E-state index in [2.05, 4.69) is 4.74 Å². The molecule has 18 heavy (non-hydrogen) atoms. The molecule has 0 spiro atoms. The SMILES string of the molecule is COCCONS(=O)(=O)c1cc(C)c(C(=O)O)s1. The second-order valence-electron chi connectivity index (χ2n) is 3.31. The molecule has 1 aromatic heterocycles. The van der Waals surface area contributed by atoms with E-state index < -0.39 is 16.0 Å². The predicted octanol–water partition coefficient (Wildman–Crippen LogP) is 0.611. The summed E-state index contributed by atoms with van der Waals surface area (Å²) in [6, 6.07) is 1.29. The van der Waals surface area contributed by atoms with Gasteiger partial charge in [-0.2, -0.15) is 0 Å². The lowest BCUT2D eigenvalue weighted by atomic mass is 10.3. The molecule has 0 bridgehead atoms. The molecule has 0 saturated heterocycles. The molecule has 0 unspecified atom stereocenters. The highest BCUT2D eigenvalue weighted by Crippen LogP contribution is 2.25. The summed E-state index contributed by atoms with van der Waals surface area (Å²) in [6.45, 7) is 1.84. The van der Waals surface area contributed by atoms with Crippen LogP contribution in [0.4, 0.5) is 0 Å². The zero-order chi connectivity index (χ0) is 13.8. The lowest BCUT2D eigenvalue weighted by molar-refractivity contribution is 0.0439. The van der Waals surface area contributed by atoms with Crippen LogP contribution in [0.15, 0.2) is 10.3 Å². The molecule has 0 fully saturated rings. The van der Waals surface area contributed by atoms with E-state index in [9.17, 15) is 13.2 Å². The molecule has 7 nitrogen and oxygen atoms in total. The fourth-order valence-electron chi connectivity index (χ4n) is 1.08. The average molecular weight is 295 g/mol. The first-order valence-corrected chi connectivity index (χ1v) is 7.14. The topological polar surface area (TPSA) is 102 Å². The van der Waals surface area contributed by atoms with Gasteiger partial charge < -0.3 is 9.84 Å². The van der Waals surface area contributed by atoms with Crippen molar-refractivity contribution in [1.82, 2.24) is 4.89 Å². The summed E-state index contributed by atoms with van der Waals surface area (Å²) in [5.41, 5.74) is 0.393. The standard InChI is InChI=1S/C9H13NO6S2/c1-6-5-7(17-8(6)9(11)12)18(13,14)10-16-4-3-15-2/h5,10H,3-4H2,1-2H3,(H,11,12). The number of ether oxygens (including phenoxy) is 1. The Kier molecular flexibility index (Phi) is 5.23. The van der Waals surface area contributed by atoms with E-state index in [0.717, 1.165) is 0 Å². The number of aryl methyl sites for hydroxylation is 1. The number of carboxylic acids is 1. The van der Waals surface area contributed by atoms with E-state index in [1.54, 1.807) is 0 Å². The Balaban J connectivity index is 2.79. The van der Waals surface area contributed by atoms with Crippen LogP contribution < -0.4 is 4.89 Å². The van der Waals surface area contributed by atoms with E-state index in [1.165, 1.54) is 20.1 Å². The van der Waals surface area contributed by atoms with Crippen LogP contribution in [-0.4, -0.2) is 39.8 Å². The van der Waals surface area contributed by atoms with E-state index >= 15 is 0 Å². The lowest BCUT2D eigenvalue weighted by Crippen LogP contribution is -2.25. The first-order valence-electron chi connectivity index (χ1n) is 4.84. The Morgan fingerprint density at radius 3 is 2.67 bits per heavy atom. The van der Waals surface area contributed by atoms with Gasteiger partial charge in [-0.05, 0) is 18.6 Å². The van der Waals surface area contributed by atoms with Gasteiger partial charge in [0.25, 0.3) is 10.0 Å². The van der Waals surface area contributed by atoms with Crippen LogP contribution in [0, 0.1) is 6.92 Å². The van der Waals surface area contributed by atoms with Gasteiger partial charge in [-0.1, -0.05) is 4.89 Å². The van der Waals surface area contributed by atoms with Gasteiger partial charge in [-0.3, -0.25) is 4.84 Å². The van der Waals surface area contributed by atoms with Gasteiger partial charge >= 0.3 is 5.97 Å². The first-order chi connectivity index (χ1) is 8.38. The number of rotatable bonds is 7. The fraction of sp³-hybridized carbons (Fsp3) is 0.444. The predicted molar refractivity (Wildman–Crippen MR) is 64.2 cm³/mol. The van der Waals surface area contributed by atoms with Gasteiger partial charge in [-0.25, -0.2) is 13.2 Å². The van der Waals surface area contributed by atoms with Crippen LogP contribution in [0.1, 0.15) is 15.2 Å². The Morgan fingerprint density at radius 1 is 1.50 bits per heavy atom. The largest absolute Gasteiger partial charge is 0.477 e. The Labute approximate surface area is 108 Å². The second-order valence-corrected chi connectivity index (χ2v) is 6.23. The van der Waals surface area contributed by atoms with Crippen molar-refractivity contribution in [2.45, 2.75) is 11.1 Å². The second kappa shape index (κ2) is 6.25. The smallest absolute Gasteiger partial charge is 0.346 e. The molecule has 102 valence electrons. The number of thiophene rings is 1. The summed E-state index contributed by atoms with van der Waals surface area (Å²) < 4.78 is 28.0. The van der Waals surface area contributed by atoms with Gasteiger partial charge in [0.2, 0.25) is 0 Å². The normalized spacial score (nSPS) is 11.7. The van der Waals surface area contributed by atoms with Crippen LogP contribution in [0.25, 0.3) is 0 Å². The van der Waals surface area contributed by atoms with Gasteiger partial charge in [0.15, 0.2) is 0 Å². The van der Waals surface area contributed by atoms with Crippen LogP contribution in [0.2, 0.25) is 0 Å². The van der Waals surface area contributed by atoms with Crippen molar-refractivity contribution >= 4 is 27.3 Å². The Hall–Kier alpha value is -1.00. The minimum atomic E-state index is -3.85. The number of carboxylic acid groups (broad SMARTS) is 1. The summed E-state index contributed by atoms with van der Waals surface area (Å²) in [4.78, 5) is 17.4. The summed E-state index contributed by atoms with van der Waals surface area (Å²) in [5.74, 6) is -1.15. The van der Waals surface area contributed by atoms with Gasteiger partial charge in [0, 0.05) is 7.11 Å². The third-order valence-electron chi connectivity index (χ3n) is 1.91. The highest BCUT2D eigenvalue weighted by atomic mass is 32.2. The molecule has 1 aromatic rings. The van der Waals surface area contributed by atoms with E-state index in [4.69, 9.17) is 9.94 Å². The molecule has 1 heterocycles. The van der Waals surface area contributed by atoms with Crippen LogP contribution >= 0.6 is 11.3 Å². The summed E-state index contributed by atoms with van der Waals surface area (Å²) in [6.07, 6.45) is 0. The van der Waals surface area contributed by atoms with Crippen molar-refractivity contribution in [3.63, 3.8) is 0 Å². The summed E-state index contributed by atoms with van der Waals surface area (Å²) in [5, 5.41) is 8.84. The maximum Gasteiger partial charge on any atom is 0.346 e. The number of hydrogen-bond donors (Lipinski definition) is 2. The molecule has 0 atom stereocenters. The van der Waals surface area contributed by atoms with Crippen molar-refractivity contribution in [1.29, 1.82) is 0 Å². The molecule has 0 amide bonds. The zero-order valence-corrected chi connectivity index (χ0v) is 11.4. The number of hydrogen-bond acceptors (Lipinski definition) is 6. The Morgan fingerprint density at radius 2 is 2.17 bits per heavy atom. The third-order valence-corrected chi connectivity index (χ3v) is 4.83. The van der Waals surface area contributed by atoms with Crippen LogP contribution in [0.5, 0.6) is 0 Å². The zero-order valence-electron chi connectivity index (χ0n) is 9.80. The van der Waals surface area contributed by atoms with Gasteiger partial charge in [0.1, 0.15) is 9.09 Å². The fourth-order valence-corrected chi connectivity index (χ4v) is 3.27. The highest BCUT2D eigenvalue weighted by Gasteiger charge is 2.21. The average Bonchev–Trinajstić information content (AvgIpc) is 2.68. The number of sulfonamides is 1.